The number of piperidine rings is 1. The molecule has 2 fully saturated rings. The SMILES string of the molecule is CC(C)(C)c1ccc(-c2noc(CN3CCC(C(=O)Nc4ccc(OC5CCCC5)cc4)CC3)n2)cc1. The number of aromatic nitrogens is 2. The second-order valence-electron chi connectivity index (χ2n) is 11.4. The molecule has 0 unspecified atom stereocenters. The van der Waals surface area contributed by atoms with E-state index in [1.165, 1.54) is 18.4 Å². The van der Waals surface area contributed by atoms with Gasteiger partial charge in [0.15, 0.2) is 0 Å². The molecule has 1 aliphatic heterocycles. The first-order valence-corrected chi connectivity index (χ1v) is 13.6. The van der Waals surface area contributed by atoms with Gasteiger partial charge in [-0.25, -0.2) is 0 Å². The van der Waals surface area contributed by atoms with Crippen molar-refractivity contribution in [3.05, 3.63) is 60.0 Å². The number of nitrogens with one attached hydrogen (secondary N) is 1. The van der Waals surface area contributed by atoms with Crippen molar-refractivity contribution < 1.29 is 14.1 Å². The number of ether oxygens (including phenoxy) is 1. The quantitative estimate of drug-likeness (QED) is 0.414. The highest BCUT2D eigenvalue weighted by Gasteiger charge is 2.26. The van der Waals surface area contributed by atoms with E-state index in [1.54, 1.807) is 0 Å². The summed E-state index contributed by atoms with van der Waals surface area (Å²) in [6, 6.07) is 16.1. The van der Waals surface area contributed by atoms with E-state index in [2.05, 4.69) is 65.4 Å². The Kier molecular flexibility index (Phi) is 7.60. The van der Waals surface area contributed by atoms with Crippen LogP contribution in [0, 0.1) is 5.92 Å². The van der Waals surface area contributed by atoms with Crippen molar-refractivity contribution in [3.8, 4) is 17.1 Å². The van der Waals surface area contributed by atoms with Crippen LogP contribution in [0.1, 0.15) is 70.8 Å². The zero-order chi connectivity index (χ0) is 25.8. The molecule has 1 N–H and O–H groups in total. The summed E-state index contributed by atoms with van der Waals surface area (Å²) in [6.07, 6.45) is 6.73. The zero-order valence-corrected chi connectivity index (χ0v) is 22.2. The van der Waals surface area contributed by atoms with Crippen molar-refractivity contribution in [1.29, 1.82) is 0 Å². The molecule has 0 radical (unpaired) electrons. The van der Waals surface area contributed by atoms with Gasteiger partial charge in [-0.15, -0.1) is 0 Å². The lowest BCUT2D eigenvalue weighted by molar-refractivity contribution is -0.121. The highest BCUT2D eigenvalue weighted by atomic mass is 16.5. The van der Waals surface area contributed by atoms with E-state index in [-0.39, 0.29) is 17.2 Å². The Bertz CT molecular complexity index is 1170. The maximum atomic E-state index is 12.8. The van der Waals surface area contributed by atoms with Gasteiger partial charge < -0.3 is 14.6 Å². The number of hydrogen-bond donors (Lipinski definition) is 1. The Morgan fingerprint density at radius 1 is 1.00 bits per heavy atom. The molecule has 2 aliphatic rings. The summed E-state index contributed by atoms with van der Waals surface area (Å²) in [4.78, 5) is 19.7. The Hall–Kier alpha value is -3.19. The van der Waals surface area contributed by atoms with Crippen molar-refractivity contribution in [3.63, 3.8) is 0 Å². The molecule has 2 heterocycles. The molecule has 1 aromatic heterocycles. The predicted octanol–water partition coefficient (Wildman–Crippen LogP) is 6.21. The largest absolute Gasteiger partial charge is 0.490 e. The molecule has 0 bridgehead atoms. The Morgan fingerprint density at radius 3 is 2.32 bits per heavy atom. The standard InChI is InChI=1S/C30H38N4O3/c1-30(2,3)23-10-8-21(9-11-23)28-32-27(37-33-28)20-34-18-16-22(17-19-34)29(35)31-24-12-14-26(15-13-24)36-25-6-4-5-7-25/h8-15,22,25H,4-7,16-20H2,1-3H3,(H,31,35). The van der Waals surface area contributed by atoms with E-state index in [4.69, 9.17) is 9.26 Å². The van der Waals surface area contributed by atoms with Crippen LogP contribution in [0.2, 0.25) is 0 Å². The minimum absolute atomic E-state index is 0.00485. The van der Waals surface area contributed by atoms with Crippen LogP contribution in [0.5, 0.6) is 5.75 Å². The summed E-state index contributed by atoms with van der Waals surface area (Å²) in [5.41, 5.74) is 3.16. The number of amides is 1. The van der Waals surface area contributed by atoms with Crippen molar-refractivity contribution in [2.75, 3.05) is 18.4 Å². The number of nitrogens with zero attached hydrogens (tertiary/aromatic N) is 3. The molecule has 7 heteroatoms. The normalized spacial score (nSPS) is 17.7. The third-order valence-corrected chi connectivity index (χ3v) is 7.52. The van der Waals surface area contributed by atoms with Crippen molar-refractivity contribution in [1.82, 2.24) is 15.0 Å². The van der Waals surface area contributed by atoms with Crippen LogP contribution in [0.15, 0.2) is 53.1 Å². The second-order valence-corrected chi connectivity index (χ2v) is 11.4. The van der Waals surface area contributed by atoms with Crippen LogP contribution in [-0.4, -0.2) is 40.1 Å². The lowest BCUT2D eigenvalue weighted by Crippen LogP contribution is -2.37. The molecule has 1 saturated carbocycles. The van der Waals surface area contributed by atoms with Crippen molar-refractivity contribution in [2.24, 2.45) is 5.92 Å². The summed E-state index contributed by atoms with van der Waals surface area (Å²) >= 11 is 0. The Morgan fingerprint density at radius 2 is 1.68 bits per heavy atom. The average molecular weight is 503 g/mol. The molecule has 1 amide bonds. The van der Waals surface area contributed by atoms with Gasteiger partial charge in [0.2, 0.25) is 17.6 Å². The monoisotopic (exact) mass is 502 g/mol. The van der Waals surface area contributed by atoms with Gasteiger partial charge in [0.25, 0.3) is 0 Å². The number of rotatable bonds is 7. The van der Waals surface area contributed by atoms with Crippen LogP contribution in [0.3, 0.4) is 0 Å². The smallest absolute Gasteiger partial charge is 0.241 e. The molecule has 37 heavy (non-hydrogen) atoms. The molecule has 1 aliphatic carbocycles. The topological polar surface area (TPSA) is 80.5 Å². The van der Waals surface area contributed by atoms with Gasteiger partial charge >= 0.3 is 0 Å². The Labute approximate surface area is 219 Å². The molecular formula is C30H38N4O3. The lowest BCUT2D eigenvalue weighted by Gasteiger charge is -2.30. The first-order chi connectivity index (χ1) is 17.8. The summed E-state index contributed by atoms with van der Waals surface area (Å²) in [5.74, 6) is 2.19. The summed E-state index contributed by atoms with van der Waals surface area (Å²) in [5, 5.41) is 7.26. The number of hydrogen-bond acceptors (Lipinski definition) is 6. The van der Waals surface area contributed by atoms with Crippen LogP contribution in [0.25, 0.3) is 11.4 Å². The van der Waals surface area contributed by atoms with Gasteiger partial charge in [-0.3, -0.25) is 9.69 Å². The van der Waals surface area contributed by atoms with E-state index in [0.717, 1.165) is 55.8 Å². The fraction of sp³-hybridized carbons (Fsp3) is 0.500. The minimum Gasteiger partial charge on any atom is -0.490 e. The van der Waals surface area contributed by atoms with E-state index in [1.807, 2.05) is 24.3 Å². The summed E-state index contributed by atoms with van der Waals surface area (Å²) in [6.45, 7) is 8.85. The fourth-order valence-electron chi connectivity index (χ4n) is 5.16. The van der Waals surface area contributed by atoms with Gasteiger partial charge in [0.05, 0.1) is 12.6 Å². The van der Waals surface area contributed by atoms with Gasteiger partial charge in [-0.05, 0) is 86.9 Å². The number of carbonyl (C=O) groups excluding carboxylic acids is 1. The minimum atomic E-state index is 0.00485. The van der Waals surface area contributed by atoms with Gasteiger partial charge in [-0.1, -0.05) is 50.2 Å². The Balaban J connectivity index is 1.08. The second kappa shape index (κ2) is 11.1. The third-order valence-electron chi connectivity index (χ3n) is 7.52. The van der Waals surface area contributed by atoms with Gasteiger partial charge in [0.1, 0.15) is 5.75 Å². The number of benzene rings is 2. The van der Waals surface area contributed by atoms with Gasteiger partial charge in [0, 0.05) is 17.2 Å². The molecule has 3 aromatic rings. The van der Waals surface area contributed by atoms with E-state index in [9.17, 15) is 4.79 Å². The average Bonchev–Trinajstić information content (AvgIpc) is 3.58. The van der Waals surface area contributed by atoms with E-state index < -0.39 is 0 Å². The van der Waals surface area contributed by atoms with Gasteiger partial charge in [-0.2, -0.15) is 4.98 Å². The fourth-order valence-corrected chi connectivity index (χ4v) is 5.16. The summed E-state index contributed by atoms with van der Waals surface area (Å²) in [7, 11) is 0. The maximum absolute atomic E-state index is 12.8. The molecule has 7 nitrogen and oxygen atoms in total. The van der Waals surface area contributed by atoms with Crippen LogP contribution in [0.4, 0.5) is 5.69 Å². The molecule has 196 valence electrons. The van der Waals surface area contributed by atoms with E-state index in [0.29, 0.717) is 24.4 Å². The maximum Gasteiger partial charge on any atom is 0.241 e. The number of likely N-dealkylation sites (tertiary alicyclic amines) is 1. The molecule has 2 aromatic carbocycles. The molecule has 5 rings (SSSR count). The predicted molar refractivity (Wildman–Crippen MR) is 144 cm³/mol. The summed E-state index contributed by atoms with van der Waals surface area (Å²) < 4.78 is 11.6. The molecule has 0 spiro atoms. The molecule has 0 atom stereocenters. The highest BCUT2D eigenvalue weighted by Crippen LogP contribution is 2.27. The highest BCUT2D eigenvalue weighted by molar-refractivity contribution is 5.92. The van der Waals surface area contributed by atoms with Crippen LogP contribution < -0.4 is 10.1 Å². The molecular weight excluding hydrogens is 464 g/mol. The first-order valence-electron chi connectivity index (χ1n) is 13.6. The number of carbonyl (C=O) groups is 1. The number of anilines is 1. The third kappa shape index (κ3) is 6.58. The first kappa shape index (κ1) is 25.5. The van der Waals surface area contributed by atoms with Crippen LogP contribution >= 0.6 is 0 Å². The molecule has 1 saturated heterocycles. The van der Waals surface area contributed by atoms with Crippen molar-refractivity contribution >= 4 is 11.6 Å². The lowest BCUT2D eigenvalue weighted by atomic mass is 9.87. The van der Waals surface area contributed by atoms with Crippen molar-refractivity contribution in [2.45, 2.75) is 77.4 Å². The van der Waals surface area contributed by atoms with E-state index >= 15 is 0 Å². The van der Waals surface area contributed by atoms with Crippen LogP contribution in [-0.2, 0) is 16.8 Å². The zero-order valence-electron chi connectivity index (χ0n) is 22.2.